The van der Waals surface area contributed by atoms with E-state index in [9.17, 15) is 4.79 Å². The maximum atomic E-state index is 12.5. The second kappa shape index (κ2) is 7.90. The maximum Gasteiger partial charge on any atom is 0.258 e. The van der Waals surface area contributed by atoms with Gasteiger partial charge in [-0.05, 0) is 42.5 Å². The molecule has 2 aromatic heterocycles. The summed E-state index contributed by atoms with van der Waals surface area (Å²) in [5.74, 6) is 0.399. The van der Waals surface area contributed by atoms with Crippen molar-refractivity contribution >= 4 is 35.0 Å². The van der Waals surface area contributed by atoms with Gasteiger partial charge < -0.3 is 5.32 Å². The second-order valence-corrected chi connectivity index (χ2v) is 6.21. The molecule has 0 unspecified atom stereocenters. The first-order chi connectivity index (χ1) is 11.7. The van der Waals surface area contributed by atoms with Crippen molar-refractivity contribution in [2.75, 3.05) is 5.32 Å². The topological polar surface area (TPSA) is 67.8 Å². The predicted molar refractivity (Wildman–Crippen MR) is 95.2 cm³/mol. The Hall–Kier alpha value is -2.44. The maximum absolute atomic E-state index is 12.5. The molecule has 1 amide bonds. The molecule has 0 aliphatic carbocycles. The number of amides is 1. The van der Waals surface area contributed by atoms with E-state index in [-0.39, 0.29) is 5.91 Å². The Kier molecular flexibility index (Phi) is 5.40. The number of anilines is 1. The van der Waals surface area contributed by atoms with Gasteiger partial charge in [-0.2, -0.15) is 0 Å². The number of aromatic nitrogens is 3. The molecule has 0 saturated carbocycles. The summed E-state index contributed by atoms with van der Waals surface area (Å²) in [4.78, 5) is 24.9. The van der Waals surface area contributed by atoms with Crippen LogP contribution in [0.1, 0.15) is 16.1 Å². The number of benzene rings is 1. The summed E-state index contributed by atoms with van der Waals surface area (Å²) >= 11 is 7.31. The largest absolute Gasteiger partial charge is 0.322 e. The van der Waals surface area contributed by atoms with Crippen molar-refractivity contribution in [1.82, 2.24) is 15.0 Å². The van der Waals surface area contributed by atoms with Gasteiger partial charge in [-0.25, -0.2) is 15.0 Å². The molecule has 0 radical (unpaired) electrons. The van der Waals surface area contributed by atoms with Gasteiger partial charge in [-0.1, -0.05) is 23.4 Å². The number of hydrogen-bond donors (Lipinski definition) is 1. The third kappa shape index (κ3) is 4.31. The van der Waals surface area contributed by atoms with Crippen molar-refractivity contribution in [3.8, 4) is 0 Å². The monoisotopic (exact) mass is 356 g/mol. The molecule has 0 spiro atoms. The quantitative estimate of drug-likeness (QED) is 0.698. The molecular weight excluding hydrogens is 344 g/mol. The lowest BCUT2D eigenvalue weighted by molar-refractivity contribution is 0.102. The molecule has 120 valence electrons. The first-order valence-electron chi connectivity index (χ1n) is 7.12. The van der Waals surface area contributed by atoms with Gasteiger partial charge in [0.05, 0.1) is 11.3 Å². The molecule has 0 aliphatic heterocycles. The lowest BCUT2D eigenvalue weighted by Crippen LogP contribution is -2.13. The van der Waals surface area contributed by atoms with Crippen LogP contribution in [0, 0.1) is 0 Å². The zero-order chi connectivity index (χ0) is 16.8. The van der Waals surface area contributed by atoms with Crippen molar-refractivity contribution in [1.29, 1.82) is 0 Å². The summed E-state index contributed by atoms with van der Waals surface area (Å²) in [5.41, 5.74) is 2.08. The van der Waals surface area contributed by atoms with E-state index in [4.69, 9.17) is 11.6 Å². The first kappa shape index (κ1) is 16.4. The molecule has 3 aromatic rings. The highest BCUT2D eigenvalue weighted by molar-refractivity contribution is 7.98. The summed E-state index contributed by atoms with van der Waals surface area (Å²) in [6, 6.07) is 12.3. The summed E-state index contributed by atoms with van der Waals surface area (Å²) < 4.78 is 0. The predicted octanol–water partition coefficient (Wildman–Crippen LogP) is 4.07. The molecule has 0 bridgehead atoms. The van der Waals surface area contributed by atoms with E-state index >= 15 is 0 Å². The first-order valence-corrected chi connectivity index (χ1v) is 8.48. The van der Waals surface area contributed by atoms with Gasteiger partial charge in [0.15, 0.2) is 0 Å². The SMILES string of the molecule is O=C(Nc1ccc(Cl)cc1)c1cccnc1SCc1ccncn1. The van der Waals surface area contributed by atoms with Crippen LogP contribution in [0.3, 0.4) is 0 Å². The van der Waals surface area contributed by atoms with Gasteiger partial charge in [0.1, 0.15) is 11.4 Å². The number of nitrogens with zero attached hydrogens (tertiary/aromatic N) is 3. The van der Waals surface area contributed by atoms with E-state index in [1.807, 2.05) is 6.07 Å². The Morgan fingerprint density at radius 1 is 1.08 bits per heavy atom. The Morgan fingerprint density at radius 2 is 1.92 bits per heavy atom. The minimum absolute atomic E-state index is 0.212. The second-order valence-electron chi connectivity index (χ2n) is 4.81. The number of rotatable bonds is 5. The van der Waals surface area contributed by atoms with Crippen molar-refractivity contribution in [3.63, 3.8) is 0 Å². The number of pyridine rings is 1. The molecule has 2 heterocycles. The van der Waals surface area contributed by atoms with E-state index in [1.165, 1.54) is 18.1 Å². The molecular formula is C17H13ClN4OS. The number of halogens is 1. The van der Waals surface area contributed by atoms with E-state index in [2.05, 4.69) is 20.3 Å². The molecule has 3 rings (SSSR count). The number of nitrogens with one attached hydrogen (secondary N) is 1. The fourth-order valence-electron chi connectivity index (χ4n) is 1.96. The summed E-state index contributed by atoms with van der Waals surface area (Å²) in [6.45, 7) is 0. The summed E-state index contributed by atoms with van der Waals surface area (Å²) in [6.07, 6.45) is 4.86. The van der Waals surface area contributed by atoms with Crippen LogP contribution in [-0.4, -0.2) is 20.9 Å². The fourth-order valence-corrected chi connectivity index (χ4v) is 2.99. The van der Waals surface area contributed by atoms with Gasteiger partial charge in [-0.15, -0.1) is 0 Å². The molecule has 7 heteroatoms. The third-order valence-corrected chi connectivity index (χ3v) is 4.41. The summed E-state index contributed by atoms with van der Waals surface area (Å²) in [7, 11) is 0. The van der Waals surface area contributed by atoms with Crippen molar-refractivity contribution in [2.24, 2.45) is 0 Å². The molecule has 0 aliphatic rings. The van der Waals surface area contributed by atoms with Crippen molar-refractivity contribution < 1.29 is 4.79 Å². The molecule has 5 nitrogen and oxygen atoms in total. The molecule has 0 atom stereocenters. The lowest BCUT2D eigenvalue weighted by Gasteiger charge is -2.09. The van der Waals surface area contributed by atoms with Crippen molar-refractivity contribution in [3.05, 3.63) is 77.5 Å². The van der Waals surface area contributed by atoms with Crippen molar-refractivity contribution in [2.45, 2.75) is 10.8 Å². The number of hydrogen-bond acceptors (Lipinski definition) is 5. The Balaban J connectivity index is 1.73. The van der Waals surface area contributed by atoms with Crippen LogP contribution < -0.4 is 5.32 Å². The normalized spacial score (nSPS) is 10.4. The molecule has 0 fully saturated rings. The zero-order valence-corrected chi connectivity index (χ0v) is 14.1. The standard InChI is InChI=1S/C17H13ClN4OS/c18-12-3-5-13(6-4-12)22-16(23)15-2-1-8-20-17(15)24-10-14-7-9-19-11-21-14/h1-9,11H,10H2,(H,22,23). The Bertz CT molecular complexity index is 828. The third-order valence-electron chi connectivity index (χ3n) is 3.12. The van der Waals surface area contributed by atoms with Crippen LogP contribution in [0.5, 0.6) is 0 Å². The van der Waals surface area contributed by atoms with Gasteiger partial charge in [0, 0.05) is 28.9 Å². The van der Waals surface area contributed by atoms with Crippen LogP contribution in [0.4, 0.5) is 5.69 Å². The summed E-state index contributed by atoms with van der Waals surface area (Å²) in [5, 5.41) is 4.12. The highest BCUT2D eigenvalue weighted by Gasteiger charge is 2.13. The molecule has 0 saturated heterocycles. The average molecular weight is 357 g/mol. The minimum atomic E-state index is -0.212. The van der Waals surface area contributed by atoms with Crippen LogP contribution in [0.25, 0.3) is 0 Å². The molecule has 24 heavy (non-hydrogen) atoms. The van der Waals surface area contributed by atoms with E-state index in [0.29, 0.717) is 27.1 Å². The van der Waals surface area contributed by atoms with E-state index in [1.54, 1.807) is 48.8 Å². The Labute approximate surface area is 148 Å². The molecule has 1 aromatic carbocycles. The number of thioether (sulfide) groups is 1. The molecule has 1 N–H and O–H groups in total. The smallest absolute Gasteiger partial charge is 0.258 e. The zero-order valence-electron chi connectivity index (χ0n) is 12.5. The van der Waals surface area contributed by atoms with Gasteiger partial charge >= 0.3 is 0 Å². The van der Waals surface area contributed by atoms with Crippen LogP contribution in [0.2, 0.25) is 5.02 Å². The fraction of sp³-hybridized carbons (Fsp3) is 0.0588. The number of carbonyl (C=O) groups excluding carboxylic acids is 1. The van der Waals surface area contributed by atoms with Crippen LogP contribution in [-0.2, 0) is 5.75 Å². The highest BCUT2D eigenvalue weighted by atomic mass is 35.5. The van der Waals surface area contributed by atoms with E-state index < -0.39 is 0 Å². The minimum Gasteiger partial charge on any atom is -0.322 e. The van der Waals surface area contributed by atoms with Crippen LogP contribution in [0.15, 0.2) is 66.2 Å². The van der Waals surface area contributed by atoms with E-state index in [0.717, 1.165) is 5.69 Å². The van der Waals surface area contributed by atoms with Gasteiger partial charge in [0.2, 0.25) is 0 Å². The van der Waals surface area contributed by atoms with Gasteiger partial charge in [0.25, 0.3) is 5.91 Å². The van der Waals surface area contributed by atoms with Gasteiger partial charge in [-0.3, -0.25) is 4.79 Å². The Morgan fingerprint density at radius 3 is 2.67 bits per heavy atom. The highest BCUT2D eigenvalue weighted by Crippen LogP contribution is 2.24. The van der Waals surface area contributed by atoms with Crippen LogP contribution >= 0.6 is 23.4 Å². The average Bonchev–Trinajstić information content (AvgIpc) is 2.63. The number of carbonyl (C=O) groups is 1. The lowest BCUT2D eigenvalue weighted by atomic mass is 10.2.